The van der Waals surface area contributed by atoms with Gasteiger partial charge in [-0.15, -0.1) is 0 Å². The van der Waals surface area contributed by atoms with E-state index in [1.807, 2.05) is 61.8 Å². The summed E-state index contributed by atoms with van der Waals surface area (Å²) in [6.45, 7) is 3.32. The maximum Gasteiger partial charge on any atom is 0.240 e. The number of likely N-dealkylation sites (N-methyl/N-ethyl adjacent to an activating group) is 1. The summed E-state index contributed by atoms with van der Waals surface area (Å²) in [7, 11) is 1.83. The number of ether oxygens (including phenoxy) is 1. The Balaban J connectivity index is 1.40. The van der Waals surface area contributed by atoms with E-state index in [9.17, 15) is 4.79 Å². The van der Waals surface area contributed by atoms with Crippen LogP contribution in [-0.2, 0) is 9.53 Å². The number of amides is 1. The minimum atomic E-state index is 0.0686. The normalized spacial score (nSPS) is 14.3. The molecule has 6 rings (SSSR count). The largest absolute Gasteiger partial charge is 0.399 e. The summed E-state index contributed by atoms with van der Waals surface area (Å²) in [5.41, 5.74) is 13.8. The third-order valence-corrected chi connectivity index (χ3v) is 7.11. The molecular formula is C30H29N5O2. The quantitative estimate of drug-likeness (QED) is 0.341. The lowest BCUT2D eigenvalue weighted by Crippen LogP contribution is -2.43. The number of nitrogens with one attached hydrogen (secondary N) is 1. The Kier molecular flexibility index (Phi) is 6.08. The molecular weight excluding hydrogens is 462 g/mol. The first-order chi connectivity index (χ1) is 18.1. The van der Waals surface area contributed by atoms with Gasteiger partial charge in [0, 0.05) is 65.1 Å². The van der Waals surface area contributed by atoms with Crippen LogP contribution >= 0.6 is 0 Å². The average molecular weight is 492 g/mol. The highest BCUT2D eigenvalue weighted by Gasteiger charge is 2.20. The molecule has 0 spiro atoms. The number of aromatic nitrogens is 2. The molecule has 2 aromatic heterocycles. The number of H-pyrrole nitrogens is 1. The highest BCUT2D eigenvalue weighted by Crippen LogP contribution is 2.41. The zero-order valence-corrected chi connectivity index (χ0v) is 20.8. The molecule has 0 bridgehead atoms. The minimum Gasteiger partial charge on any atom is -0.399 e. The van der Waals surface area contributed by atoms with Crippen LogP contribution in [-0.4, -0.2) is 60.7 Å². The fraction of sp³-hybridized carbons (Fsp3) is 0.200. The number of aromatic amines is 1. The van der Waals surface area contributed by atoms with Gasteiger partial charge in [0.25, 0.3) is 0 Å². The van der Waals surface area contributed by atoms with Gasteiger partial charge < -0.3 is 20.4 Å². The van der Waals surface area contributed by atoms with Crippen LogP contribution in [0.25, 0.3) is 44.2 Å². The highest BCUT2D eigenvalue weighted by atomic mass is 16.5. The van der Waals surface area contributed by atoms with Crippen LogP contribution < -0.4 is 10.6 Å². The third kappa shape index (κ3) is 4.43. The van der Waals surface area contributed by atoms with E-state index in [2.05, 4.69) is 34.1 Å². The topological polar surface area (TPSA) is 87.5 Å². The number of fused-ring (bicyclic) bond motifs is 3. The SMILES string of the molecule is CN(C(=O)CN1CCOCC1)c1ccc(-c2cnc3[nH]c4ccc(N)cc4c3c2-c2ccccc2)cc1. The molecule has 3 aromatic carbocycles. The molecule has 3 heterocycles. The van der Waals surface area contributed by atoms with Gasteiger partial charge in [-0.2, -0.15) is 0 Å². The molecule has 0 radical (unpaired) electrons. The number of nitrogens with two attached hydrogens (primary N) is 1. The summed E-state index contributed by atoms with van der Waals surface area (Å²) < 4.78 is 5.39. The lowest BCUT2D eigenvalue weighted by atomic mass is 9.92. The van der Waals surface area contributed by atoms with Gasteiger partial charge >= 0.3 is 0 Å². The summed E-state index contributed by atoms with van der Waals surface area (Å²) in [5, 5.41) is 2.10. The second-order valence-electron chi connectivity index (χ2n) is 9.45. The molecule has 0 unspecified atom stereocenters. The lowest BCUT2D eigenvalue weighted by Gasteiger charge is -2.28. The van der Waals surface area contributed by atoms with Crippen molar-refractivity contribution in [1.82, 2.24) is 14.9 Å². The van der Waals surface area contributed by atoms with E-state index in [0.717, 1.165) is 63.0 Å². The summed E-state index contributed by atoms with van der Waals surface area (Å²) in [4.78, 5) is 25.0. The van der Waals surface area contributed by atoms with Crippen LogP contribution in [0.4, 0.5) is 11.4 Å². The third-order valence-electron chi connectivity index (χ3n) is 7.11. The Morgan fingerprint density at radius 2 is 1.78 bits per heavy atom. The van der Waals surface area contributed by atoms with E-state index in [-0.39, 0.29) is 5.91 Å². The van der Waals surface area contributed by atoms with Crippen molar-refractivity contribution in [3.05, 3.63) is 79.0 Å². The number of nitrogens with zero attached hydrogens (tertiary/aromatic N) is 3. The van der Waals surface area contributed by atoms with Gasteiger partial charge in [0.15, 0.2) is 0 Å². The van der Waals surface area contributed by atoms with Gasteiger partial charge in [0.2, 0.25) is 5.91 Å². The van der Waals surface area contributed by atoms with E-state index in [1.165, 1.54) is 0 Å². The molecule has 0 aliphatic carbocycles. The number of carbonyl (C=O) groups is 1. The summed E-state index contributed by atoms with van der Waals surface area (Å²) in [6, 6.07) is 24.4. The average Bonchev–Trinajstić information content (AvgIpc) is 3.31. The van der Waals surface area contributed by atoms with Crippen LogP contribution in [0.15, 0.2) is 79.0 Å². The van der Waals surface area contributed by atoms with Crippen LogP contribution in [0.3, 0.4) is 0 Å². The van der Waals surface area contributed by atoms with Crippen molar-refractivity contribution < 1.29 is 9.53 Å². The predicted molar refractivity (Wildman–Crippen MR) is 150 cm³/mol. The van der Waals surface area contributed by atoms with Crippen LogP contribution in [0.5, 0.6) is 0 Å². The Morgan fingerprint density at radius 3 is 2.54 bits per heavy atom. The van der Waals surface area contributed by atoms with Crippen molar-refractivity contribution in [3.63, 3.8) is 0 Å². The van der Waals surface area contributed by atoms with Crippen molar-refractivity contribution in [2.45, 2.75) is 0 Å². The first-order valence-electron chi connectivity index (χ1n) is 12.5. The van der Waals surface area contributed by atoms with Gasteiger partial charge in [-0.25, -0.2) is 4.98 Å². The number of pyridine rings is 1. The minimum absolute atomic E-state index is 0.0686. The van der Waals surface area contributed by atoms with Gasteiger partial charge in [-0.1, -0.05) is 42.5 Å². The van der Waals surface area contributed by atoms with Crippen molar-refractivity contribution in [1.29, 1.82) is 0 Å². The van der Waals surface area contributed by atoms with Crippen LogP contribution in [0.2, 0.25) is 0 Å². The Labute approximate surface area is 215 Å². The fourth-order valence-electron chi connectivity index (χ4n) is 5.06. The Morgan fingerprint density at radius 1 is 1.03 bits per heavy atom. The van der Waals surface area contributed by atoms with Crippen molar-refractivity contribution in [3.8, 4) is 22.3 Å². The summed E-state index contributed by atoms with van der Waals surface area (Å²) >= 11 is 0. The fourth-order valence-corrected chi connectivity index (χ4v) is 5.06. The van der Waals surface area contributed by atoms with Gasteiger partial charge in [0.05, 0.1) is 19.8 Å². The highest BCUT2D eigenvalue weighted by molar-refractivity contribution is 6.16. The Hall–Kier alpha value is -4.20. The van der Waals surface area contributed by atoms with E-state index in [0.29, 0.717) is 25.4 Å². The second kappa shape index (κ2) is 9.69. The monoisotopic (exact) mass is 491 g/mol. The molecule has 0 atom stereocenters. The zero-order valence-electron chi connectivity index (χ0n) is 20.8. The number of hydrogen-bond acceptors (Lipinski definition) is 5. The number of benzene rings is 3. The van der Waals surface area contributed by atoms with Crippen LogP contribution in [0, 0.1) is 0 Å². The summed E-state index contributed by atoms with van der Waals surface area (Å²) in [6.07, 6.45) is 1.92. The summed E-state index contributed by atoms with van der Waals surface area (Å²) in [5.74, 6) is 0.0686. The maximum atomic E-state index is 12.9. The molecule has 0 saturated carbocycles. The molecule has 3 N–H and O–H groups in total. The van der Waals surface area contributed by atoms with E-state index < -0.39 is 0 Å². The number of rotatable bonds is 5. The molecule has 7 nitrogen and oxygen atoms in total. The smallest absolute Gasteiger partial charge is 0.240 e. The van der Waals surface area contributed by atoms with Gasteiger partial charge in [-0.3, -0.25) is 9.69 Å². The number of morpholine rings is 1. The van der Waals surface area contributed by atoms with E-state index in [4.69, 9.17) is 15.5 Å². The molecule has 1 aliphatic heterocycles. The molecule has 1 saturated heterocycles. The van der Waals surface area contributed by atoms with Gasteiger partial charge in [0.1, 0.15) is 5.65 Å². The first-order valence-corrected chi connectivity index (χ1v) is 12.5. The van der Waals surface area contributed by atoms with Crippen molar-refractivity contribution in [2.24, 2.45) is 0 Å². The maximum absolute atomic E-state index is 12.9. The van der Waals surface area contributed by atoms with E-state index >= 15 is 0 Å². The standard InChI is InChI=1S/C30H29N5O2/c1-34(27(36)19-35-13-15-37-16-14-35)23-10-7-20(8-11-23)25-18-32-30-29(28(25)21-5-3-2-4-6-21)24-17-22(31)9-12-26(24)33-30/h2-12,17-18H,13-16,19,31H2,1H3,(H,32,33). The second-order valence-corrected chi connectivity index (χ2v) is 9.45. The molecule has 1 fully saturated rings. The zero-order chi connectivity index (χ0) is 25.4. The lowest BCUT2D eigenvalue weighted by molar-refractivity contribution is -0.120. The number of hydrogen-bond donors (Lipinski definition) is 2. The number of nitrogen functional groups attached to an aromatic ring is 1. The molecule has 1 aliphatic rings. The molecule has 1 amide bonds. The van der Waals surface area contributed by atoms with Crippen molar-refractivity contribution in [2.75, 3.05) is 50.5 Å². The number of anilines is 2. The number of carbonyl (C=O) groups excluding carboxylic acids is 1. The van der Waals surface area contributed by atoms with E-state index in [1.54, 1.807) is 4.90 Å². The Bertz CT molecular complexity index is 1570. The molecule has 7 heteroatoms. The predicted octanol–water partition coefficient (Wildman–Crippen LogP) is 4.93. The molecule has 186 valence electrons. The molecule has 5 aromatic rings. The first kappa shape index (κ1) is 23.2. The van der Waals surface area contributed by atoms with Gasteiger partial charge in [-0.05, 0) is 41.5 Å². The van der Waals surface area contributed by atoms with Crippen LogP contribution in [0.1, 0.15) is 0 Å². The van der Waals surface area contributed by atoms with Crippen molar-refractivity contribution >= 4 is 39.2 Å². The molecule has 37 heavy (non-hydrogen) atoms.